The van der Waals surface area contributed by atoms with E-state index in [2.05, 4.69) is 16.9 Å². The first-order chi connectivity index (χ1) is 13.7. The number of Topliss-reactive ketones (excluding diaryl/α,β-unsaturated/α-hetero) is 1. The van der Waals surface area contributed by atoms with Crippen molar-refractivity contribution in [3.05, 3.63) is 47.4 Å². The Morgan fingerprint density at radius 2 is 1.97 bits per heavy atom. The molecule has 0 aliphatic rings. The second kappa shape index (κ2) is 9.19. The third-order valence-electron chi connectivity index (χ3n) is 5.00. The van der Waals surface area contributed by atoms with Gasteiger partial charge < -0.3 is 19.5 Å². The number of nitrogens with zero attached hydrogens (tertiary/aromatic N) is 1. The summed E-state index contributed by atoms with van der Waals surface area (Å²) in [6, 6.07) is 5.02. The van der Waals surface area contributed by atoms with Gasteiger partial charge >= 0.3 is 0 Å². The van der Waals surface area contributed by atoms with Crippen LogP contribution in [0, 0.1) is 5.41 Å². The molecular formula is C21H26N2O5S. The van der Waals surface area contributed by atoms with Gasteiger partial charge in [0.1, 0.15) is 11.5 Å². The predicted molar refractivity (Wildman–Crippen MR) is 113 cm³/mol. The first-order valence-corrected chi connectivity index (χ1v) is 9.77. The van der Waals surface area contributed by atoms with Gasteiger partial charge in [-0.25, -0.2) is 4.98 Å². The van der Waals surface area contributed by atoms with Crippen LogP contribution in [0.3, 0.4) is 0 Å². The largest absolute Gasteiger partial charge is 0.497 e. The lowest BCUT2D eigenvalue weighted by Gasteiger charge is -2.42. The van der Waals surface area contributed by atoms with Crippen LogP contribution in [0.15, 0.2) is 42.4 Å². The number of carbonyl (C=O) groups is 2. The van der Waals surface area contributed by atoms with Crippen molar-refractivity contribution in [2.24, 2.45) is 5.41 Å². The standard InChI is InChI=1S/C21H26N2O5S/c1-7-20(2,3)21(28-6,13-16(24)18-22-10-11-29-18)19(25)23-15-9-8-14(26-4)12-17(15)27-5/h7-12H,1,13H2,2-6H3,(H,23,25)/t21-/m1/s1. The van der Waals surface area contributed by atoms with Crippen LogP contribution in [-0.4, -0.2) is 43.6 Å². The zero-order valence-corrected chi connectivity index (χ0v) is 18.1. The molecule has 0 saturated heterocycles. The Morgan fingerprint density at radius 1 is 1.24 bits per heavy atom. The number of rotatable bonds is 10. The van der Waals surface area contributed by atoms with Crippen LogP contribution in [0.1, 0.15) is 30.1 Å². The number of ether oxygens (including phenoxy) is 3. The minimum absolute atomic E-state index is 0.194. The van der Waals surface area contributed by atoms with Gasteiger partial charge in [0.2, 0.25) is 0 Å². The molecule has 1 amide bonds. The van der Waals surface area contributed by atoms with E-state index in [1.807, 2.05) is 0 Å². The molecule has 1 atom stereocenters. The maximum absolute atomic E-state index is 13.5. The molecule has 29 heavy (non-hydrogen) atoms. The lowest BCUT2D eigenvalue weighted by molar-refractivity contribution is -0.149. The Labute approximate surface area is 174 Å². The van der Waals surface area contributed by atoms with Crippen LogP contribution in [0.2, 0.25) is 0 Å². The Morgan fingerprint density at radius 3 is 2.48 bits per heavy atom. The third kappa shape index (κ3) is 4.49. The molecule has 0 aliphatic heterocycles. The molecule has 0 radical (unpaired) electrons. The van der Waals surface area contributed by atoms with Crippen LogP contribution in [-0.2, 0) is 9.53 Å². The maximum atomic E-state index is 13.5. The van der Waals surface area contributed by atoms with Crippen LogP contribution in [0.5, 0.6) is 11.5 Å². The summed E-state index contributed by atoms with van der Waals surface area (Å²) in [4.78, 5) is 30.3. The normalized spacial score (nSPS) is 13.3. The topological polar surface area (TPSA) is 86.8 Å². The summed E-state index contributed by atoms with van der Waals surface area (Å²) in [6.45, 7) is 7.43. The summed E-state index contributed by atoms with van der Waals surface area (Å²) >= 11 is 1.22. The Bertz CT molecular complexity index is 879. The van der Waals surface area contributed by atoms with Gasteiger partial charge in [-0.3, -0.25) is 9.59 Å². The molecule has 0 aliphatic carbocycles. The number of anilines is 1. The number of thiazole rings is 1. The highest BCUT2D eigenvalue weighted by molar-refractivity contribution is 7.11. The zero-order valence-electron chi connectivity index (χ0n) is 17.3. The number of aromatic nitrogens is 1. The van der Waals surface area contributed by atoms with Gasteiger partial charge in [0.25, 0.3) is 5.91 Å². The molecule has 0 spiro atoms. The molecule has 1 heterocycles. The molecule has 156 valence electrons. The highest BCUT2D eigenvalue weighted by Crippen LogP contribution is 2.41. The molecule has 0 saturated carbocycles. The van der Waals surface area contributed by atoms with Crippen molar-refractivity contribution in [2.45, 2.75) is 25.9 Å². The van der Waals surface area contributed by atoms with E-state index in [9.17, 15) is 9.59 Å². The molecule has 2 rings (SSSR count). The number of carbonyl (C=O) groups excluding carboxylic acids is 2. The van der Waals surface area contributed by atoms with Gasteiger partial charge in [-0.2, -0.15) is 0 Å². The first kappa shape index (κ1) is 22.6. The molecule has 7 nitrogen and oxygen atoms in total. The summed E-state index contributed by atoms with van der Waals surface area (Å²) < 4.78 is 16.3. The number of hydrogen-bond donors (Lipinski definition) is 1. The van der Waals surface area contributed by atoms with Crippen molar-refractivity contribution in [3.63, 3.8) is 0 Å². The second-order valence-corrected chi connectivity index (χ2v) is 7.81. The highest BCUT2D eigenvalue weighted by atomic mass is 32.1. The smallest absolute Gasteiger partial charge is 0.258 e. The summed E-state index contributed by atoms with van der Waals surface area (Å²) in [5, 5.41) is 4.87. The van der Waals surface area contributed by atoms with E-state index in [-0.39, 0.29) is 12.2 Å². The van der Waals surface area contributed by atoms with E-state index in [4.69, 9.17) is 14.2 Å². The second-order valence-electron chi connectivity index (χ2n) is 6.91. The van der Waals surface area contributed by atoms with E-state index in [0.717, 1.165) is 0 Å². The lowest BCUT2D eigenvalue weighted by Crippen LogP contribution is -2.56. The number of nitrogens with one attached hydrogen (secondary N) is 1. The zero-order chi connectivity index (χ0) is 21.7. The fourth-order valence-corrected chi connectivity index (χ4v) is 3.56. The van der Waals surface area contributed by atoms with Gasteiger partial charge in [0.15, 0.2) is 16.4 Å². The van der Waals surface area contributed by atoms with Crippen LogP contribution >= 0.6 is 11.3 Å². The van der Waals surface area contributed by atoms with E-state index in [1.165, 1.54) is 25.6 Å². The van der Waals surface area contributed by atoms with Crippen molar-refractivity contribution in [1.29, 1.82) is 0 Å². The fraction of sp³-hybridized carbons (Fsp3) is 0.381. The van der Waals surface area contributed by atoms with Crippen molar-refractivity contribution in [3.8, 4) is 11.5 Å². The summed E-state index contributed by atoms with van der Waals surface area (Å²) in [7, 11) is 4.44. The monoisotopic (exact) mass is 418 g/mol. The molecule has 2 aromatic rings. The molecule has 0 fully saturated rings. The Balaban J connectivity index is 2.44. The molecular weight excluding hydrogens is 392 g/mol. The molecule has 1 aromatic heterocycles. The van der Waals surface area contributed by atoms with E-state index in [0.29, 0.717) is 22.2 Å². The van der Waals surface area contributed by atoms with Gasteiger partial charge in [0, 0.05) is 30.2 Å². The van der Waals surface area contributed by atoms with E-state index in [1.54, 1.807) is 56.8 Å². The van der Waals surface area contributed by atoms with Crippen molar-refractivity contribution in [1.82, 2.24) is 4.98 Å². The average Bonchev–Trinajstić information content (AvgIpc) is 3.26. The average molecular weight is 419 g/mol. The number of amides is 1. The molecule has 0 bridgehead atoms. The molecule has 0 unspecified atom stereocenters. The van der Waals surface area contributed by atoms with Crippen molar-refractivity contribution in [2.75, 3.05) is 26.6 Å². The number of ketones is 1. The molecule has 8 heteroatoms. The summed E-state index contributed by atoms with van der Waals surface area (Å²) in [5.74, 6) is 0.237. The minimum atomic E-state index is -1.51. The van der Waals surface area contributed by atoms with Crippen LogP contribution in [0.4, 0.5) is 5.69 Å². The van der Waals surface area contributed by atoms with Gasteiger partial charge in [-0.15, -0.1) is 17.9 Å². The van der Waals surface area contributed by atoms with Gasteiger partial charge in [0.05, 0.1) is 26.3 Å². The Kier molecular flexibility index (Phi) is 7.16. The minimum Gasteiger partial charge on any atom is -0.497 e. The van der Waals surface area contributed by atoms with E-state index < -0.39 is 16.9 Å². The SMILES string of the molecule is C=CC(C)(C)[C@](CC(=O)c1nccs1)(OC)C(=O)Nc1ccc(OC)cc1OC. The predicted octanol–water partition coefficient (Wildman–Crippen LogP) is 3.97. The molecule has 1 aromatic carbocycles. The lowest BCUT2D eigenvalue weighted by atomic mass is 9.71. The fourth-order valence-electron chi connectivity index (χ4n) is 2.98. The quantitative estimate of drug-likeness (QED) is 0.464. The molecule has 1 N–H and O–H groups in total. The highest BCUT2D eigenvalue weighted by Gasteiger charge is 2.52. The van der Waals surface area contributed by atoms with Crippen molar-refractivity contribution < 1.29 is 23.8 Å². The van der Waals surface area contributed by atoms with Gasteiger partial charge in [-0.05, 0) is 12.1 Å². The van der Waals surface area contributed by atoms with Crippen LogP contribution in [0.25, 0.3) is 0 Å². The maximum Gasteiger partial charge on any atom is 0.258 e. The first-order valence-electron chi connectivity index (χ1n) is 8.89. The third-order valence-corrected chi connectivity index (χ3v) is 5.82. The Hall–Kier alpha value is -2.71. The van der Waals surface area contributed by atoms with Gasteiger partial charge in [-0.1, -0.05) is 19.9 Å². The number of methoxy groups -OCH3 is 3. The van der Waals surface area contributed by atoms with Crippen molar-refractivity contribution >= 4 is 28.7 Å². The number of benzene rings is 1. The summed E-state index contributed by atoms with van der Waals surface area (Å²) in [6.07, 6.45) is 2.96. The van der Waals surface area contributed by atoms with E-state index >= 15 is 0 Å². The van der Waals surface area contributed by atoms with Crippen LogP contribution < -0.4 is 14.8 Å². The number of hydrogen-bond acceptors (Lipinski definition) is 7. The summed E-state index contributed by atoms with van der Waals surface area (Å²) in [5.41, 5.74) is -1.94.